The standard InChI is InChI=1S/C12H17NO4S.ClH/c1-13(2)8-9-17-12(14)10-4-6-11(7-5-10)18(3,15)16;/h4-7H,8-9H2,1-3H3;1H. The lowest BCUT2D eigenvalue weighted by atomic mass is 10.2. The first kappa shape index (κ1) is 17.9. The minimum atomic E-state index is -3.23. The lowest BCUT2D eigenvalue weighted by Gasteiger charge is -2.10. The zero-order valence-electron chi connectivity index (χ0n) is 11.1. The Bertz CT molecular complexity index is 511. The number of sulfone groups is 1. The van der Waals surface area contributed by atoms with Gasteiger partial charge in [0.05, 0.1) is 10.5 Å². The van der Waals surface area contributed by atoms with Crippen LogP contribution in [0.25, 0.3) is 0 Å². The Morgan fingerprint density at radius 1 is 1.21 bits per heavy atom. The Balaban J connectivity index is 0.00000324. The number of benzene rings is 1. The highest BCUT2D eigenvalue weighted by molar-refractivity contribution is 7.90. The number of rotatable bonds is 5. The van der Waals surface area contributed by atoms with E-state index in [1.165, 1.54) is 24.3 Å². The van der Waals surface area contributed by atoms with Gasteiger partial charge in [0.25, 0.3) is 0 Å². The highest BCUT2D eigenvalue weighted by atomic mass is 35.5. The highest BCUT2D eigenvalue weighted by Gasteiger charge is 2.10. The van der Waals surface area contributed by atoms with Crippen molar-refractivity contribution >= 4 is 28.2 Å². The maximum absolute atomic E-state index is 11.6. The third kappa shape index (κ3) is 6.04. The molecular formula is C12H18ClNO4S. The fourth-order valence-corrected chi connectivity index (χ4v) is 1.87. The van der Waals surface area contributed by atoms with Crippen molar-refractivity contribution in [3.8, 4) is 0 Å². The van der Waals surface area contributed by atoms with E-state index in [2.05, 4.69) is 0 Å². The van der Waals surface area contributed by atoms with Crippen LogP contribution in [-0.2, 0) is 14.6 Å². The quantitative estimate of drug-likeness (QED) is 0.766. The Hall–Kier alpha value is -1.11. The van der Waals surface area contributed by atoms with Gasteiger partial charge in [0.2, 0.25) is 0 Å². The lowest BCUT2D eigenvalue weighted by Crippen LogP contribution is -2.20. The van der Waals surface area contributed by atoms with E-state index in [0.29, 0.717) is 18.7 Å². The Kier molecular flexibility index (Phi) is 7.04. The first-order valence-electron chi connectivity index (χ1n) is 5.42. The van der Waals surface area contributed by atoms with E-state index < -0.39 is 15.8 Å². The first-order valence-corrected chi connectivity index (χ1v) is 7.32. The molecule has 0 aliphatic heterocycles. The van der Waals surface area contributed by atoms with Gasteiger partial charge in [-0.3, -0.25) is 0 Å². The van der Waals surface area contributed by atoms with E-state index in [-0.39, 0.29) is 17.3 Å². The first-order chi connectivity index (χ1) is 8.30. The Morgan fingerprint density at radius 3 is 2.16 bits per heavy atom. The molecule has 0 saturated carbocycles. The molecule has 1 rings (SSSR count). The van der Waals surface area contributed by atoms with Gasteiger partial charge >= 0.3 is 5.97 Å². The molecule has 0 spiro atoms. The van der Waals surface area contributed by atoms with Crippen LogP contribution in [0.4, 0.5) is 0 Å². The van der Waals surface area contributed by atoms with Crippen molar-refractivity contribution in [3.05, 3.63) is 29.8 Å². The van der Waals surface area contributed by atoms with Gasteiger partial charge in [-0.25, -0.2) is 13.2 Å². The van der Waals surface area contributed by atoms with Crippen LogP contribution in [0.3, 0.4) is 0 Å². The third-order valence-electron chi connectivity index (χ3n) is 2.29. The second-order valence-corrected chi connectivity index (χ2v) is 6.25. The summed E-state index contributed by atoms with van der Waals surface area (Å²) in [6.45, 7) is 0.951. The molecule has 19 heavy (non-hydrogen) atoms. The van der Waals surface area contributed by atoms with Crippen molar-refractivity contribution in [2.24, 2.45) is 0 Å². The Labute approximate surface area is 119 Å². The van der Waals surface area contributed by atoms with E-state index in [1.807, 2.05) is 19.0 Å². The van der Waals surface area contributed by atoms with E-state index in [9.17, 15) is 13.2 Å². The molecule has 0 heterocycles. The molecule has 1 aromatic carbocycles. The molecule has 0 amide bonds. The fraction of sp³-hybridized carbons (Fsp3) is 0.417. The summed E-state index contributed by atoms with van der Waals surface area (Å²) in [5, 5.41) is 0. The van der Waals surface area contributed by atoms with Gasteiger partial charge in [0, 0.05) is 12.8 Å². The number of carbonyl (C=O) groups is 1. The average molecular weight is 308 g/mol. The number of halogens is 1. The summed E-state index contributed by atoms with van der Waals surface area (Å²) in [7, 11) is 0.535. The SMILES string of the molecule is CN(C)CCOC(=O)c1ccc(S(C)(=O)=O)cc1.Cl. The number of likely N-dealkylation sites (N-methyl/N-ethyl adjacent to an activating group) is 1. The second-order valence-electron chi connectivity index (χ2n) is 4.24. The zero-order chi connectivity index (χ0) is 13.8. The topological polar surface area (TPSA) is 63.7 Å². The highest BCUT2D eigenvalue weighted by Crippen LogP contribution is 2.11. The van der Waals surface area contributed by atoms with Gasteiger partial charge in [-0.15, -0.1) is 12.4 Å². The smallest absolute Gasteiger partial charge is 0.338 e. The van der Waals surface area contributed by atoms with Crippen LogP contribution in [0.2, 0.25) is 0 Å². The predicted molar refractivity (Wildman–Crippen MR) is 75.6 cm³/mol. The molecule has 0 atom stereocenters. The average Bonchev–Trinajstić information content (AvgIpc) is 2.27. The summed E-state index contributed by atoms with van der Waals surface area (Å²) < 4.78 is 27.5. The van der Waals surface area contributed by atoms with Crippen LogP contribution in [0.5, 0.6) is 0 Å². The normalized spacial score (nSPS) is 10.9. The number of ether oxygens (including phenoxy) is 1. The number of hydrogen-bond donors (Lipinski definition) is 0. The van der Waals surface area contributed by atoms with Gasteiger partial charge < -0.3 is 9.64 Å². The van der Waals surface area contributed by atoms with Gasteiger partial charge in [-0.1, -0.05) is 0 Å². The molecule has 0 radical (unpaired) electrons. The molecule has 0 aromatic heterocycles. The van der Waals surface area contributed by atoms with Gasteiger partial charge in [0.15, 0.2) is 9.84 Å². The number of esters is 1. The molecule has 0 aliphatic rings. The summed E-state index contributed by atoms with van der Waals surface area (Å²) in [5.74, 6) is -0.447. The van der Waals surface area contributed by atoms with Crippen molar-refractivity contribution in [3.63, 3.8) is 0 Å². The van der Waals surface area contributed by atoms with Gasteiger partial charge in [-0.2, -0.15) is 0 Å². The molecule has 0 unspecified atom stereocenters. The molecule has 0 fully saturated rings. The molecule has 5 nitrogen and oxygen atoms in total. The van der Waals surface area contributed by atoms with Crippen molar-refractivity contribution in [2.45, 2.75) is 4.90 Å². The molecule has 0 saturated heterocycles. The van der Waals surface area contributed by atoms with Crippen molar-refractivity contribution in [1.82, 2.24) is 4.90 Å². The maximum Gasteiger partial charge on any atom is 0.338 e. The number of hydrogen-bond acceptors (Lipinski definition) is 5. The number of carbonyl (C=O) groups excluding carboxylic acids is 1. The molecule has 0 bridgehead atoms. The third-order valence-corrected chi connectivity index (χ3v) is 3.42. The molecule has 108 valence electrons. The second kappa shape index (κ2) is 7.47. The largest absolute Gasteiger partial charge is 0.461 e. The molecule has 1 aromatic rings. The van der Waals surface area contributed by atoms with Crippen LogP contribution >= 0.6 is 12.4 Å². The van der Waals surface area contributed by atoms with Crippen molar-refractivity contribution in [1.29, 1.82) is 0 Å². The van der Waals surface area contributed by atoms with Crippen LogP contribution < -0.4 is 0 Å². The van der Waals surface area contributed by atoms with Crippen LogP contribution in [0.1, 0.15) is 10.4 Å². The number of nitrogens with zero attached hydrogens (tertiary/aromatic N) is 1. The zero-order valence-corrected chi connectivity index (χ0v) is 12.8. The van der Waals surface area contributed by atoms with Crippen LogP contribution in [0.15, 0.2) is 29.2 Å². The predicted octanol–water partition coefficient (Wildman–Crippen LogP) is 1.23. The molecule has 7 heteroatoms. The lowest BCUT2D eigenvalue weighted by molar-refractivity contribution is 0.0481. The summed E-state index contributed by atoms with van der Waals surface area (Å²) >= 11 is 0. The minimum Gasteiger partial charge on any atom is -0.461 e. The van der Waals surface area contributed by atoms with E-state index >= 15 is 0 Å². The summed E-state index contributed by atoms with van der Waals surface area (Å²) in [5.41, 5.74) is 0.348. The molecule has 0 N–H and O–H groups in total. The van der Waals surface area contributed by atoms with Gasteiger partial charge in [0.1, 0.15) is 6.61 Å². The summed E-state index contributed by atoms with van der Waals surface area (Å²) in [4.78, 5) is 13.7. The summed E-state index contributed by atoms with van der Waals surface area (Å²) in [6.07, 6.45) is 1.12. The van der Waals surface area contributed by atoms with E-state index in [1.54, 1.807) is 0 Å². The summed E-state index contributed by atoms with van der Waals surface area (Å²) in [6, 6.07) is 5.71. The monoisotopic (exact) mass is 307 g/mol. The fourth-order valence-electron chi connectivity index (χ4n) is 1.24. The minimum absolute atomic E-state index is 0. The van der Waals surface area contributed by atoms with Crippen LogP contribution in [0, 0.1) is 0 Å². The Morgan fingerprint density at radius 2 is 1.74 bits per heavy atom. The molecule has 0 aliphatic carbocycles. The van der Waals surface area contributed by atoms with Crippen molar-refractivity contribution < 1.29 is 17.9 Å². The van der Waals surface area contributed by atoms with Crippen molar-refractivity contribution in [2.75, 3.05) is 33.5 Å². The maximum atomic E-state index is 11.6. The van der Waals surface area contributed by atoms with E-state index in [0.717, 1.165) is 6.26 Å². The van der Waals surface area contributed by atoms with Crippen LogP contribution in [-0.4, -0.2) is 52.8 Å². The van der Waals surface area contributed by atoms with E-state index in [4.69, 9.17) is 4.74 Å². The molecular weight excluding hydrogens is 290 g/mol. The van der Waals surface area contributed by atoms with Gasteiger partial charge in [-0.05, 0) is 38.4 Å².